The average Bonchev–Trinajstić information content (AvgIpc) is 2.98. The lowest BCUT2D eigenvalue weighted by atomic mass is 10.1. The van der Waals surface area contributed by atoms with Crippen LogP contribution in [0.3, 0.4) is 0 Å². The van der Waals surface area contributed by atoms with Crippen molar-refractivity contribution in [3.8, 4) is 0 Å². The Labute approximate surface area is 121 Å². The van der Waals surface area contributed by atoms with Gasteiger partial charge in [-0.2, -0.15) is 11.8 Å². The van der Waals surface area contributed by atoms with E-state index in [1.54, 1.807) is 12.1 Å². The van der Waals surface area contributed by atoms with Crippen LogP contribution in [0.15, 0.2) is 18.2 Å². The molecule has 1 aromatic heterocycles. The Morgan fingerprint density at radius 1 is 1.58 bits per heavy atom. The Morgan fingerprint density at radius 2 is 2.42 bits per heavy atom. The van der Waals surface area contributed by atoms with Crippen molar-refractivity contribution in [1.82, 2.24) is 9.55 Å². The third-order valence-corrected chi connectivity index (χ3v) is 4.99. The highest BCUT2D eigenvalue weighted by atomic mass is 35.5. The first-order valence-corrected chi connectivity index (χ1v) is 8.12. The Morgan fingerprint density at radius 3 is 3.11 bits per heavy atom. The summed E-state index contributed by atoms with van der Waals surface area (Å²) >= 11 is 8.21. The third kappa shape index (κ3) is 2.61. The molecule has 2 aromatic rings. The molecule has 2 unspecified atom stereocenters. The van der Waals surface area contributed by atoms with Gasteiger partial charge in [0.25, 0.3) is 0 Å². The molecule has 1 aliphatic rings. The molecule has 0 amide bonds. The lowest BCUT2D eigenvalue weighted by molar-refractivity contribution is 0.488. The van der Waals surface area contributed by atoms with Gasteiger partial charge in [-0.15, -0.1) is 11.6 Å². The molecule has 102 valence electrons. The second-order valence-electron chi connectivity index (χ2n) is 5.06. The van der Waals surface area contributed by atoms with Gasteiger partial charge in [0.05, 0.1) is 16.4 Å². The smallest absolute Gasteiger partial charge is 0.127 e. The molecule has 0 radical (unpaired) electrons. The standard InChI is InChI=1S/C14H16ClFN2S/c1-9(15)14-17-12-3-2-11(16)6-13(12)18(14)7-10-4-5-19-8-10/h2-3,6,9-10H,4-5,7-8H2,1H3. The van der Waals surface area contributed by atoms with Gasteiger partial charge in [0.1, 0.15) is 11.6 Å². The molecule has 2 atom stereocenters. The predicted molar refractivity (Wildman–Crippen MR) is 79.4 cm³/mol. The van der Waals surface area contributed by atoms with E-state index in [4.69, 9.17) is 11.6 Å². The van der Waals surface area contributed by atoms with Crippen molar-refractivity contribution in [3.63, 3.8) is 0 Å². The van der Waals surface area contributed by atoms with Crippen LogP contribution in [0.4, 0.5) is 4.39 Å². The van der Waals surface area contributed by atoms with E-state index < -0.39 is 0 Å². The van der Waals surface area contributed by atoms with Crippen molar-refractivity contribution in [2.24, 2.45) is 5.92 Å². The maximum Gasteiger partial charge on any atom is 0.127 e. The van der Waals surface area contributed by atoms with Gasteiger partial charge >= 0.3 is 0 Å². The maximum absolute atomic E-state index is 13.5. The second kappa shape index (κ2) is 5.33. The van der Waals surface area contributed by atoms with Crippen LogP contribution in [0.5, 0.6) is 0 Å². The summed E-state index contributed by atoms with van der Waals surface area (Å²) in [5.74, 6) is 3.66. The molecule has 0 saturated carbocycles. The monoisotopic (exact) mass is 298 g/mol. The molecule has 19 heavy (non-hydrogen) atoms. The fourth-order valence-electron chi connectivity index (χ4n) is 2.60. The zero-order chi connectivity index (χ0) is 13.4. The molecule has 1 aromatic carbocycles. The Balaban J connectivity index is 2.06. The number of hydrogen-bond donors (Lipinski definition) is 0. The van der Waals surface area contributed by atoms with Crippen LogP contribution in [-0.4, -0.2) is 21.1 Å². The summed E-state index contributed by atoms with van der Waals surface area (Å²) in [7, 11) is 0. The summed E-state index contributed by atoms with van der Waals surface area (Å²) < 4.78 is 15.6. The summed E-state index contributed by atoms with van der Waals surface area (Å²) in [5.41, 5.74) is 1.69. The van der Waals surface area contributed by atoms with Crippen molar-refractivity contribution in [3.05, 3.63) is 29.8 Å². The number of alkyl halides is 1. The number of benzene rings is 1. The number of aromatic nitrogens is 2. The summed E-state index contributed by atoms with van der Waals surface area (Å²) in [5, 5.41) is -0.162. The first kappa shape index (κ1) is 13.3. The van der Waals surface area contributed by atoms with E-state index in [2.05, 4.69) is 9.55 Å². The molecule has 0 N–H and O–H groups in total. The van der Waals surface area contributed by atoms with Gasteiger partial charge in [-0.25, -0.2) is 9.37 Å². The molecule has 1 fully saturated rings. The Bertz CT molecular complexity index is 590. The lowest BCUT2D eigenvalue weighted by Gasteiger charge is -2.14. The van der Waals surface area contributed by atoms with E-state index in [1.165, 1.54) is 24.0 Å². The summed E-state index contributed by atoms with van der Waals surface area (Å²) in [6.45, 7) is 2.80. The van der Waals surface area contributed by atoms with Crippen molar-refractivity contribution < 1.29 is 4.39 Å². The van der Waals surface area contributed by atoms with Gasteiger partial charge in [0.15, 0.2) is 0 Å². The van der Waals surface area contributed by atoms with Gasteiger partial charge in [0, 0.05) is 6.54 Å². The minimum atomic E-state index is -0.219. The Kier molecular flexibility index (Phi) is 3.72. The molecule has 0 spiro atoms. The highest BCUT2D eigenvalue weighted by Crippen LogP contribution is 2.30. The lowest BCUT2D eigenvalue weighted by Crippen LogP contribution is -2.13. The molecule has 1 saturated heterocycles. The number of fused-ring (bicyclic) bond motifs is 1. The van der Waals surface area contributed by atoms with E-state index >= 15 is 0 Å². The molecule has 2 nitrogen and oxygen atoms in total. The average molecular weight is 299 g/mol. The highest BCUT2D eigenvalue weighted by molar-refractivity contribution is 7.99. The molecular weight excluding hydrogens is 283 g/mol. The molecule has 1 aliphatic heterocycles. The van der Waals surface area contributed by atoms with Crippen LogP contribution in [0, 0.1) is 11.7 Å². The summed E-state index contributed by atoms with van der Waals surface area (Å²) in [6, 6.07) is 4.74. The molecule has 2 heterocycles. The number of rotatable bonds is 3. The van der Waals surface area contributed by atoms with Crippen molar-refractivity contribution in [1.29, 1.82) is 0 Å². The minimum Gasteiger partial charge on any atom is -0.326 e. The van der Waals surface area contributed by atoms with E-state index in [-0.39, 0.29) is 11.2 Å². The third-order valence-electron chi connectivity index (χ3n) is 3.56. The van der Waals surface area contributed by atoms with Crippen LogP contribution in [0.1, 0.15) is 24.5 Å². The van der Waals surface area contributed by atoms with Crippen LogP contribution in [0.25, 0.3) is 11.0 Å². The highest BCUT2D eigenvalue weighted by Gasteiger charge is 2.21. The van der Waals surface area contributed by atoms with Gasteiger partial charge in [-0.05, 0) is 49.0 Å². The van der Waals surface area contributed by atoms with Gasteiger partial charge in [0.2, 0.25) is 0 Å². The number of halogens is 2. The zero-order valence-corrected chi connectivity index (χ0v) is 12.3. The van der Waals surface area contributed by atoms with Gasteiger partial charge in [-0.3, -0.25) is 0 Å². The predicted octanol–water partition coefficient (Wildman–Crippen LogP) is 4.23. The largest absolute Gasteiger partial charge is 0.326 e. The quantitative estimate of drug-likeness (QED) is 0.789. The molecule has 0 aliphatic carbocycles. The molecule has 3 rings (SSSR count). The van der Waals surface area contributed by atoms with E-state index in [0.717, 1.165) is 23.4 Å². The van der Waals surface area contributed by atoms with Crippen LogP contribution >= 0.6 is 23.4 Å². The van der Waals surface area contributed by atoms with Crippen molar-refractivity contribution in [2.75, 3.05) is 11.5 Å². The number of hydrogen-bond acceptors (Lipinski definition) is 2. The molecular formula is C14H16ClFN2S. The topological polar surface area (TPSA) is 17.8 Å². The Hall–Kier alpha value is -0.740. The summed E-state index contributed by atoms with van der Waals surface area (Å²) in [6.07, 6.45) is 1.22. The number of thioether (sulfide) groups is 1. The van der Waals surface area contributed by atoms with E-state index in [9.17, 15) is 4.39 Å². The zero-order valence-electron chi connectivity index (χ0n) is 10.8. The van der Waals surface area contributed by atoms with Crippen LogP contribution in [-0.2, 0) is 6.54 Å². The molecule has 0 bridgehead atoms. The number of nitrogens with zero attached hydrogens (tertiary/aromatic N) is 2. The minimum absolute atomic E-state index is 0.162. The van der Waals surface area contributed by atoms with Gasteiger partial charge in [-0.1, -0.05) is 0 Å². The number of imidazole rings is 1. The first-order valence-electron chi connectivity index (χ1n) is 6.52. The normalized spacial score (nSPS) is 21.1. The maximum atomic E-state index is 13.5. The molecule has 5 heteroatoms. The SMILES string of the molecule is CC(Cl)c1nc2ccc(F)cc2n1CC1CCSC1. The van der Waals surface area contributed by atoms with Crippen molar-refractivity contribution in [2.45, 2.75) is 25.3 Å². The van der Waals surface area contributed by atoms with Crippen molar-refractivity contribution >= 4 is 34.4 Å². The second-order valence-corrected chi connectivity index (χ2v) is 6.86. The van der Waals surface area contributed by atoms with E-state index in [1.807, 2.05) is 18.7 Å². The summed E-state index contributed by atoms with van der Waals surface area (Å²) in [4.78, 5) is 4.55. The fourth-order valence-corrected chi connectivity index (χ4v) is 4.03. The van der Waals surface area contributed by atoms with Gasteiger partial charge < -0.3 is 4.57 Å². The van der Waals surface area contributed by atoms with Crippen LogP contribution < -0.4 is 0 Å². The van der Waals surface area contributed by atoms with E-state index in [0.29, 0.717) is 5.92 Å². The first-order chi connectivity index (χ1) is 9.15. The fraction of sp³-hybridized carbons (Fsp3) is 0.500. The van der Waals surface area contributed by atoms with Crippen LogP contribution in [0.2, 0.25) is 0 Å².